The highest BCUT2D eigenvalue weighted by atomic mass is 35.5. The van der Waals surface area contributed by atoms with E-state index in [4.69, 9.17) is 5.73 Å². The summed E-state index contributed by atoms with van der Waals surface area (Å²) in [4.78, 5) is 11.9. The van der Waals surface area contributed by atoms with Gasteiger partial charge in [-0.15, -0.1) is 12.4 Å². The molecule has 4 N–H and O–H groups in total. The smallest absolute Gasteiger partial charge is 0.248 e. The van der Waals surface area contributed by atoms with E-state index in [-0.39, 0.29) is 29.8 Å². The van der Waals surface area contributed by atoms with Crippen LogP contribution < -0.4 is 11.1 Å². The molecule has 1 aromatic carbocycles. The number of aliphatic hydroxyl groups is 1. The van der Waals surface area contributed by atoms with Gasteiger partial charge in [0, 0.05) is 12.6 Å². The van der Waals surface area contributed by atoms with Gasteiger partial charge in [0.05, 0.1) is 0 Å². The maximum absolute atomic E-state index is 11.9. The van der Waals surface area contributed by atoms with Crippen LogP contribution in [0.3, 0.4) is 0 Å². The number of hydrogen-bond acceptors (Lipinski definition) is 3. The Morgan fingerprint density at radius 2 is 1.73 bits per heavy atom. The van der Waals surface area contributed by atoms with E-state index in [0.29, 0.717) is 31.2 Å². The van der Waals surface area contributed by atoms with Crippen LogP contribution in [0.4, 0.5) is 0 Å². The highest BCUT2D eigenvalue weighted by Gasteiger charge is 2.21. The SMILES string of the molecule is CCCCNC(=O)[C@@H](O)CC[C@H](N)C[C@H](Cc1ccc(C(C)(C)C)cc1)C(C)C.Cl. The molecule has 1 rings (SSSR count). The molecule has 0 saturated carbocycles. The molecule has 0 aliphatic carbocycles. The number of aliphatic hydroxyl groups excluding tert-OH is 1. The van der Waals surface area contributed by atoms with Crippen molar-refractivity contribution < 1.29 is 9.90 Å². The van der Waals surface area contributed by atoms with E-state index < -0.39 is 6.10 Å². The molecule has 0 aliphatic heterocycles. The van der Waals surface area contributed by atoms with Gasteiger partial charge in [-0.05, 0) is 60.5 Å². The number of amides is 1. The van der Waals surface area contributed by atoms with Crippen molar-refractivity contribution in [1.29, 1.82) is 0 Å². The first-order valence-electron chi connectivity index (χ1n) is 11.3. The Kier molecular flexibility index (Phi) is 13.5. The lowest BCUT2D eigenvalue weighted by Gasteiger charge is -2.25. The summed E-state index contributed by atoms with van der Waals surface area (Å²) in [5, 5.41) is 12.9. The largest absolute Gasteiger partial charge is 0.383 e. The monoisotopic (exact) mass is 440 g/mol. The molecule has 0 spiro atoms. The summed E-state index contributed by atoms with van der Waals surface area (Å²) in [6.45, 7) is 13.9. The van der Waals surface area contributed by atoms with Crippen LogP contribution in [0.1, 0.15) is 84.8 Å². The molecular weight excluding hydrogens is 396 g/mol. The molecule has 0 radical (unpaired) electrons. The zero-order chi connectivity index (χ0) is 22.0. The molecule has 3 atom stereocenters. The Labute approximate surface area is 190 Å². The number of hydrogen-bond donors (Lipinski definition) is 3. The maximum atomic E-state index is 11.9. The molecule has 174 valence electrons. The van der Waals surface area contributed by atoms with E-state index in [1.807, 2.05) is 0 Å². The number of unbranched alkanes of at least 4 members (excludes halogenated alkanes) is 1. The fourth-order valence-electron chi connectivity index (χ4n) is 3.55. The van der Waals surface area contributed by atoms with Crippen LogP contribution >= 0.6 is 12.4 Å². The Hall–Kier alpha value is -1.10. The molecule has 0 aliphatic rings. The standard InChI is InChI=1S/C25H44N2O2.ClH/c1-7-8-15-27-24(29)23(28)14-13-22(26)17-20(18(2)3)16-19-9-11-21(12-10-19)25(4,5)6;/h9-12,18,20,22-23,28H,7-8,13-17,26H2,1-6H3,(H,27,29);1H/t20-,22-,23-;/m0./s1. The minimum absolute atomic E-state index is 0. The first-order chi connectivity index (χ1) is 13.5. The number of nitrogens with one attached hydrogen (secondary N) is 1. The topological polar surface area (TPSA) is 75.3 Å². The van der Waals surface area contributed by atoms with Crippen molar-refractivity contribution in [2.24, 2.45) is 17.6 Å². The molecule has 4 nitrogen and oxygen atoms in total. The summed E-state index contributed by atoms with van der Waals surface area (Å²) in [6.07, 6.45) is 4.00. The summed E-state index contributed by atoms with van der Waals surface area (Å²) >= 11 is 0. The first-order valence-corrected chi connectivity index (χ1v) is 11.3. The second-order valence-corrected chi connectivity index (χ2v) is 9.89. The lowest BCUT2D eigenvalue weighted by Crippen LogP contribution is -2.36. The van der Waals surface area contributed by atoms with Gasteiger partial charge in [-0.1, -0.05) is 72.2 Å². The number of carbonyl (C=O) groups is 1. The van der Waals surface area contributed by atoms with E-state index in [1.54, 1.807) is 0 Å². The second kappa shape index (κ2) is 14.1. The van der Waals surface area contributed by atoms with Gasteiger partial charge in [0.2, 0.25) is 5.91 Å². The van der Waals surface area contributed by atoms with Crippen molar-refractivity contribution in [2.45, 2.75) is 97.6 Å². The predicted octanol–water partition coefficient (Wildman–Crippen LogP) is 5.00. The van der Waals surface area contributed by atoms with E-state index in [1.165, 1.54) is 11.1 Å². The predicted molar refractivity (Wildman–Crippen MR) is 130 cm³/mol. The second-order valence-electron chi connectivity index (χ2n) is 9.89. The van der Waals surface area contributed by atoms with Crippen LogP contribution in [0.15, 0.2) is 24.3 Å². The molecule has 30 heavy (non-hydrogen) atoms. The fourth-order valence-corrected chi connectivity index (χ4v) is 3.55. The number of carbonyl (C=O) groups excluding carboxylic acids is 1. The van der Waals surface area contributed by atoms with E-state index in [9.17, 15) is 9.90 Å². The van der Waals surface area contributed by atoms with Crippen LogP contribution in [-0.2, 0) is 16.6 Å². The van der Waals surface area contributed by atoms with Gasteiger partial charge in [-0.3, -0.25) is 4.79 Å². The van der Waals surface area contributed by atoms with Gasteiger partial charge in [-0.25, -0.2) is 0 Å². The Morgan fingerprint density at radius 3 is 2.23 bits per heavy atom. The maximum Gasteiger partial charge on any atom is 0.248 e. The Bertz CT molecular complexity index is 596. The van der Waals surface area contributed by atoms with E-state index in [0.717, 1.165) is 25.7 Å². The van der Waals surface area contributed by atoms with Crippen LogP contribution in [0.2, 0.25) is 0 Å². The highest BCUT2D eigenvalue weighted by molar-refractivity contribution is 5.85. The first kappa shape index (κ1) is 28.9. The van der Waals surface area contributed by atoms with E-state index >= 15 is 0 Å². The number of halogens is 1. The number of rotatable bonds is 12. The van der Waals surface area contributed by atoms with Crippen LogP contribution in [0, 0.1) is 11.8 Å². The fraction of sp³-hybridized carbons (Fsp3) is 0.720. The summed E-state index contributed by atoms with van der Waals surface area (Å²) in [5.41, 5.74) is 9.24. The molecule has 0 saturated heterocycles. The molecular formula is C25H45ClN2O2. The minimum atomic E-state index is -0.958. The van der Waals surface area contributed by atoms with Gasteiger partial charge in [0.15, 0.2) is 0 Å². The van der Waals surface area contributed by atoms with Gasteiger partial charge in [-0.2, -0.15) is 0 Å². The molecule has 0 heterocycles. The summed E-state index contributed by atoms with van der Waals surface area (Å²) in [7, 11) is 0. The molecule has 0 fully saturated rings. The molecule has 0 aromatic heterocycles. The van der Waals surface area contributed by atoms with Crippen LogP contribution in [0.5, 0.6) is 0 Å². The lowest BCUT2D eigenvalue weighted by molar-refractivity contribution is -0.129. The van der Waals surface area contributed by atoms with Crippen LogP contribution in [0.25, 0.3) is 0 Å². The minimum Gasteiger partial charge on any atom is -0.383 e. The van der Waals surface area contributed by atoms with Crippen molar-refractivity contribution in [3.63, 3.8) is 0 Å². The Balaban J connectivity index is 0.00000841. The number of benzene rings is 1. The van der Waals surface area contributed by atoms with E-state index in [2.05, 4.69) is 71.1 Å². The van der Waals surface area contributed by atoms with Gasteiger partial charge >= 0.3 is 0 Å². The van der Waals surface area contributed by atoms with Gasteiger partial charge in [0.1, 0.15) is 6.10 Å². The van der Waals surface area contributed by atoms with Crippen LogP contribution in [-0.4, -0.2) is 29.7 Å². The third-order valence-corrected chi connectivity index (χ3v) is 5.81. The zero-order valence-corrected chi connectivity index (χ0v) is 20.7. The molecule has 0 unspecified atom stereocenters. The molecule has 5 heteroatoms. The summed E-state index contributed by atoms with van der Waals surface area (Å²) in [6, 6.07) is 8.95. The number of nitrogens with two attached hydrogens (primary N) is 1. The quantitative estimate of drug-likeness (QED) is 0.400. The molecule has 1 amide bonds. The average molecular weight is 441 g/mol. The van der Waals surface area contributed by atoms with Crippen molar-refractivity contribution >= 4 is 18.3 Å². The van der Waals surface area contributed by atoms with Crippen molar-refractivity contribution in [3.8, 4) is 0 Å². The van der Waals surface area contributed by atoms with Crippen molar-refractivity contribution in [1.82, 2.24) is 5.32 Å². The molecule has 0 bridgehead atoms. The Morgan fingerprint density at radius 1 is 1.13 bits per heavy atom. The lowest BCUT2D eigenvalue weighted by atomic mass is 9.82. The average Bonchev–Trinajstić information content (AvgIpc) is 2.65. The van der Waals surface area contributed by atoms with Gasteiger partial charge in [0.25, 0.3) is 0 Å². The summed E-state index contributed by atoms with van der Waals surface area (Å²) in [5.74, 6) is 0.747. The highest BCUT2D eigenvalue weighted by Crippen LogP contribution is 2.26. The van der Waals surface area contributed by atoms with Gasteiger partial charge < -0.3 is 16.2 Å². The van der Waals surface area contributed by atoms with Crippen molar-refractivity contribution in [3.05, 3.63) is 35.4 Å². The van der Waals surface area contributed by atoms with Crippen molar-refractivity contribution in [2.75, 3.05) is 6.54 Å². The molecule has 1 aromatic rings. The normalized spacial score (nSPS) is 14.7. The zero-order valence-electron chi connectivity index (χ0n) is 19.9. The summed E-state index contributed by atoms with van der Waals surface area (Å²) < 4.78 is 0. The third kappa shape index (κ3) is 10.8. The third-order valence-electron chi connectivity index (χ3n) is 5.81.